The molecule has 60 heavy (non-hydrogen) atoms. The van der Waals surface area contributed by atoms with Gasteiger partial charge in [-0.15, -0.1) is 0 Å². The highest BCUT2D eigenvalue weighted by Gasteiger charge is 2.50. The molecule has 0 N–H and O–H groups in total. The zero-order valence-corrected chi connectivity index (χ0v) is 33.1. The fourth-order valence-corrected chi connectivity index (χ4v) is 11.2. The van der Waals surface area contributed by atoms with Crippen LogP contribution in [0, 0.1) is 0 Å². The quantitative estimate of drug-likeness (QED) is 0.167. The summed E-state index contributed by atoms with van der Waals surface area (Å²) in [6.45, 7) is 0. The first kappa shape index (κ1) is 33.6. The molecule has 3 aromatic heterocycles. The average molecular weight is 780 g/mol. The molecule has 0 bridgehead atoms. The Morgan fingerprint density at radius 1 is 0.350 bits per heavy atom. The van der Waals surface area contributed by atoms with Gasteiger partial charge in [0.15, 0.2) is 0 Å². The Hall–Kier alpha value is -7.40. The fourth-order valence-electron chi connectivity index (χ4n) is 10.0. The predicted octanol–water partition coefficient (Wildman–Crippen LogP) is 14.3. The highest BCUT2D eigenvalue weighted by atomic mass is 32.2. The summed E-state index contributed by atoms with van der Waals surface area (Å²) in [7, 11) is 0. The van der Waals surface area contributed by atoms with Crippen molar-refractivity contribution in [2.24, 2.45) is 0 Å². The van der Waals surface area contributed by atoms with Crippen molar-refractivity contribution in [3.63, 3.8) is 0 Å². The molecule has 1 aliphatic heterocycles. The van der Waals surface area contributed by atoms with Gasteiger partial charge in [0.2, 0.25) is 0 Å². The van der Waals surface area contributed by atoms with Crippen LogP contribution in [-0.2, 0) is 5.41 Å². The van der Waals surface area contributed by atoms with E-state index in [0.29, 0.717) is 0 Å². The van der Waals surface area contributed by atoms with E-state index in [2.05, 4.69) is 194 Å². The molecular formula is C56H33N3S. The number of pyridine rings is 3. The molecule has 278 valence electrons. The smallest absolute Gasteiger partial charge is 0.0972 e. The summed E-state index contributed by atoms with van der Waals surface area (Å²) in [5.41, 5.74) is 16.2. The second-order valence-electron chi connectivity index (χ2n) is 15.9. The fraction of sp³-hybridized carbons (Fsp3) is 0.0179. The van der Waals surface area contributed by atoms with Crippen LogP contribution >= 0.6 is 11.8 Å². The molecule has 0 fully saturated rings. The maximum absolute atomic E-state index is 5.46. The van der Waals surface area contributed by atoms with E-state index in [1.165, 1.54) is 48.6 Å². The van der Waals surface area contributed by atoms with E-state index in [1.807, 2.05) is 17.8 Å². The first-order chi connectivity index (χ1) is 29.7. The van der Waals surface area contributed by atoms with Gasteiger partial charge in [0.25, 0.3) is 0 Å². The van der Waals surface area contributed by atoms with E-state index in [-0.39, 0.29) is 0 Å². The summed E-state index contributed by atoms with van der Waals surface area (Å²) in [5.74, 6) is 0. The van der Waals surface area contributed by atoms with Gasteiger partial charge in [-0.2, -0.15) is 0 Å². The molecule has 2 aliphatic rings. The van der Waals surface area contributed by atoms with Crippen LogP contribution in [0.3, 0.4) is 0 Å². The van der Waals surface area contributed by atoms with Gasteiger partial charge in [0, 0.05) is 48.0 Å². The lowest BCUT2D eigenvalue weighted by Crippen LogP contribution is -2.31. The van der Waals surface area contributed by atoms with E-state index in [0.717, 1.165) is 71.9 Å². The van der Waals surface area contributed by atoms with Gasteiger partial charge in [-0.1, -0.05) is 163 Å². The molecule has 0 saturated carbocycles. The Morgan fingerprint density at radius 2 is 0.933 bits per heavy atom. The van der Waals surface area contributed by atoms with Gasteiger partial charge in [0.05, 0.1) is 39.0 Å². The number of para-hydroxylation sites is 1. The highest BCUT2D eigenvalue weighted by molar-refractivity contribution is 7.99. The number of aromatic nitrogens is 3. The third-order valence-electron chi connectivity index (χ3n) is 12.7. The summed E-state index contributed by atoms with van der Waals surface area (Å²) in [5, 5.41) is 5.63. The Labute approximate surface area is 351 Å². The van der Waals surface area contributed by atoms with Crippen molar-refractivity contribution >= 4 is 55.2 Å². The minimum Gasteiger partial charge on any atom is -0.247 e. The minimum atomic E-state index is -0.453. The van der Waals surface area contributed by atoms with E-state index in [9.17, 15) is 0 Å². The third-order valence-corrected chi connectivity index (χ3v) is 13.8. The van der Waals surface area contributed by atoms with Crippen molar-refractivity contribution < 1.29 is 0 Å². The summed E-state index contributed by atoms with van der Waals surface area (Å²) in [6.07, 6.45) is 0. The van der Waals surface area contributed by atoms with Crippen LogP contribution in [0.1, 0.15) is 22.3 Å². The van der Waals surface area contributed by atoms with Gasteiger partial charge in [-0.3, -0.25) is 0 Å². The number of nitrogens with zero attached hydrogens (tertiary/aromatic N) is 3. The lowest BCUT2D eigenvalue weighted by molar-refractivity contribution is 0.723. The molecule has 0 atom stereocenters. The summed E-state index contributed by atoms with van der Waals surface area (Å²) in [6, 6.07) is 72.5. The normalized spacial score (nSPS) is 13.4. The molecule has 1 aliphatic carbocycles. The molecule has 1 spiro atoms. The third kappa shape index (κ3) is 4.77. The second-order valence-corrected chi connectivity index (χ2v) is 16.9. The number of rotatable bonds is 3. The van der Waals surface area contributed by atoms with Gasteiger partial charge in [-0.05, 0) is 87.3 Å². The van der Waals surface area contributed by atoms with Crippen LogP contribution in [-0.4, -0.2) is 15.0 Å². The van der Waals surface area contributed by atoms with Crippen molar-refractivity contribution in [3.8, 4) is 44.9 Å². The zero-order chi connectivity index (χ0) is 39.4. The van der Waals surface area contributed by atoms with Crippen molar-refractivity contribution in [3.05, 3.63) is 222 Å². The van der Waals surface area contributed by atoms with E-state index >= 15 is 0 Å². The standard InChI is InChI=1S/C56H33N3S/c1-2-13-34(14-3-1)48-29-27-35-25-26-36-28-30-49(58-55(36)54(35)57-48)37-15-12-16-38(31-37)53-43-32-42-39-17-4-6-19-44(39)56(47(42)33-41(43)40-18-5-9-22-50(40)59-53)45-20-7-10-23-51(45)60-52-24-11-8-21-46(52)56/h1-33H. The predicted molar refractivity (Wildman–Crippen MR) is 248 cm³/mol. The monoisotopic (exact) mass is 779 g/mol. The number of hydrogen-bond donors (Lipinski definition) is 0. The van der Waals surface area contributed by atoms with Crippen LogP contribution in [0.2, 0.25) is 0 Å². The van der Waals surface area contributed by atoms with Crippen LogP contribution in [0.25, 0.3) is 88.4 Å². The number of fused-ring (bicyclic) bond motifs is 15. The molecule has 0 radical (unpaired) electrons. The maximum Gasteiger partial charge on any atom is 0.0972 e. The van der Waals surface area contributed by atoms with Crippen molar-refractivity contribution in [2.75, 3.05) is 0 Å². The van der Waals surface area contributed by atoms with Crippen LogP contribution in [0.15, 0.2) is 210 Å². The van der Waals surface area contributed by atoms with E-state index in [4.69, 9.17) is 15.0 Å². The van der Waals surface area contributed by atoms with Crippen LogP contribution in [0.5, 0.6) is 0 Å². The first-order valence-electron chi connectivity index (χ1n) is 20.4. The van der Waals surface area contributed by atoms with Gasteiger partial charge in [0.1, 0.15) is 0 Å². The molecule has 0 amide bonds. The number of hydrogen-bond acceptors (Lipinski definition) is 4. The van der Waals surface area contributed by atoms with Gasteiger partial charge >= 0.3 is 0 Å². The van der Waals surface area contributed by atoms with E-state index < -0.39 is 5.41 Å². The second kappa shape index (κ2) is 12.8. The molecule has 0 saturated heterocycles. The van der Waals surface area contributed by atoms with Crippen molar-refractivity contribution in [2.45, 2.75) is 15.2 Å². The lowest BCUT2D eigenvalue weighted by atomic mass is 9.67. The van der Waals surface area contributed by atoms with Gasteiger partial charge < -0.3 is 0 Å². The molecule has 8 aromatic carbocycles. The van der Waals surface area contributed by atoms with E-state index in [1.54, 1.807) is 0 Å². The Kier molecular flexibility index (Phi) is 7.16. The number of benzene rings is 8. The minimum absolute atomic E-state index is 0.453. The summed E-state index contributed by atoms with van der Waals surface area (Å²) in [4.78, 5) is 18.6. The molecular weight excluding hydrogens is 747 g/mol. The largest absolute Gasteiger partial charge is 0.247 e. The SMILES string of the molecule is c1ccc(-c2ccc3ccc4ccc(-c5cccc(-c6nc7ccccc7c7cc8c(cc67)-c6ccccc6C86c7ccccc7Sc7ccccc76)c5)nc4c3n2)cc1. The first-order valence-corrected chi connectivity index (χ1v) is 21.2. The lowest BCUT2D eigenvalue weighted by Gasteiger charge is -2.39. The Morgan fingerprint density at radius 3 is 1.68 bits per heavy atom. The van der Waals surface area contributed by atoms with Crippen LogP contribution in [0.4, 0.5) is 0 Å². The molecule has 4 heterocycles. The molecule has 0 unspecified atom stereocenters. The molecule has 13 rings (SSSR count). The topological polar surface area (TPSA) is 38.7 Å². The van der Waals surface area contributed by atoms with Gasteiger partial charge in [-0.25, -0.2) is 15.0 Å². The molecule has 4 heteroatoms. The molecule has 3 nitrogen and oxygen atoms in total. The summed E-state index contributed by atoms with van der Waals surface area (Å²) < 4.78 is 0. The highest BCUT2D eigenvalue weighted by Crippen LogP contribution is 2.62. The molecule has 11 aromatic rings. The Bertz CT molecular complexity index is 3550. The Balaban J connectivity index is 1.03. The van der Waals surface area contributed by atoms with Crippen LogP contribution < -0.4 is 0 Å². The average Bonchev–Trinajstić information content (AvgIpc) is 3.60. The zero-order valence-electron chi connectivity index (χ0n) is 32.3. The van der Waals surface area contributed by atoms with Crippen molar-refractivity contribution in [1.82, 2.24) is 15.0 Å². The maximum atomic E-state index is 5.46. The van der Waals surface area contributed by atoms with Crippen molar-refractivity contribution in [1.29, 1.82) is 0 Å². The summed E-state index contributed by atoms with van der Waals surface area (Å²) >= 11 is 1.88.